The third-order valence-electron chi connectivity index (χ3n) is 3.99. The van der Waals surface area contributed by atoms with Crippen molar-refractivity contribution in [2.75, 3.05) is 19.6 Å². The lowest BCUT2D eigenvalue weighted by Gasteiger charge is -2.39. The Bertz CT molecular complexity index is 472. The number of nitrogens with two attached hydrogens (primary N) is 1. The molecule has 1 amide bonds. The van der Waals surface area contributed by atoms with E-state index in [4.69, 9.17) is 5.73 Å². The lowest BCUT2D eigenvalue weighted by Crippen LogP contribution is -2.57. The summed E-state index contributed by atoms with van der Waals surface area (Å²) in [4.78, 5) is 13.8. The van der Waals surface area contributed by atoms with Gasteiger partial charge in [-0.25, -0.2) is 0 Å². The highest BCUT2D eigenvalue weighted by atomic mass is 16.1. The van der Waals surface area contributed by atoms with Crippen LogP contribution in [0.3, 0.4) is 0 Å². The number of carbonyl (C=O) groups excluding carboxylic acids is 1. The zero-order chi connectivity index (χ0) is 14.0. The smallest absolute Gasteiger partial charge is 0.236 e. The number of carbonyl (C=O) groups is 1. The van der Waals surface area contributed by atoms with E-state index in [0.29, 0.717) is 6.54 Å². The molecule has 0 radical (unpaired) electrons. The maximum absolute atomic E-state index is 11.6. The van der Waals surface area contributed by atoms with Gasteiger partial charge in [-0.05, 0) is 31.9 Å². The van der Waals surface area contributed by atoms with E-state index in [9.17, 15) is 4.79 Å². The first-order valence-corrected chi connectivity index (χ1v) is 6.83. The second-order valence-electron chi connectivity index (χ2n) is 5.40. The Morgan fingerprint density at radius 3 is 2.84 bits per heavy atom. The normalized spacial score (nSPS) is 22.2. The van der Waals surface area contributed by atoms with Crippen LogP contribution in [0.2, 0.25) is 0 Å². The van der Waals surface area contributed by atoms with Crippen molar-refractivity contribution in [1.82, 2.24) is 10.2 Å². The van der Waals surface area contributed by atoms with E-state index in [1.807, 2.05) is 0 Å². The summed E-state index contributed by atoms with van der Waals surface area (Å²) in [6, 6.07) is 6.47. The Morgan fingerprint density at radius 2 is 2.21 bits per heavy atom. The molecule has 1 heterocycles. The van der Waals surface area contributed by atoms with E-state index in [2.05, 4.69) is 49.2 Å². The molecule has 4 nitrogen and oxygen atoms in total. The molecule has 1 fully saturated rings. The highest BCUT2D eigenvalue weighted by Crippen LogP contribution is 2.26. The molecule has 1 aliphatic heterocycles. The first-order chi connectivity index (χ1) is 9.00. The van der Waals surface area contributed by atoms with Crippen molar-refractivity contribution >= 4 is 5.91 Å². The van der Waals surface area contributed by atoms with Gasteiger partial charge in [-0.1, -0.05) is 23.8 Å². The van der Waals surface area contributed by atoms with Crippen LogP contribution >= 0.6 is 0 Å². The van der Waals surface area contributed by atoms with Gasteiger partial charge < -0.3 is 11.1 Å². The van der Waals surface area contributed by atoms with Crippen LogP contribution in [-0.2, 0) is 4.79 Å². The molecule has 0 saturated carbocycles. The van der Waals surface area contributed by atoms with Gasteiger partial charge in [0, 0.05) is 25.7 Å². The van der Waals surface area contributed by atoms with Crippen molar-refractivity contribution < 1.29 is 4.79 Å². The second-order valence-corrected chi connectivity index (χ2v) is 5.40. The molecule has 2 rings (SSSR count). The number of nitrogens with zero attached hydrogens (tertiary/aromatic N) is 1. The van der Waals surface area contributed by atoms with Gasteiger partial charge in [0.25, 0.3) is 0 Å². The van der Waals surface area contributed by atoms with E-state index in [0.717, 1.165) is 13.1 Å². The predicted molar refractivity (Wildman–Crippen MR) is 76.9 cm³/mol. The molecule has 1 saturated heterocycles. The van der Waals surface area contributed by atoms with Crippen LogP contribution in [-0.4, -0.2) is 36.5 Å². The fourth-order valence-corrected chi connectivity index (χ4v) is 2.92. The van der Waals surface area contributed by atoms with Gasteiger partial charge in [0.1, 0.15) is 6.04 Å². The molecule has 1 aromatic carbocycles. The maximum Gasteiger partial charge on any atom is 0.236 e. The maximum atomic E-state index is 11.6. The first-order valence-electron chi connectivity index (χ1n) is 6.83. The minimum atomic E-state index is -0.246. The van der Waals surface area contributed by atoms with Crippen LogP contribution in [0, 0.1) is 13.8 Å². The summed E-state index contributed by atoms with van der Waals surface area (Å²) < 4.78 is 0. The highest BCUT2D eigenvalue weighted by molar-refractivity contribution is 5.80. The van der Waals surface area contributed by atoms with Crippen molar-refractivity contribution in [3.63, 3.8) is 0 Å². The monoisotopic (exact) mass is 261 g/mol. The Kier molecular flexibility index (Phi) is 4.22. The van der Waals surface area contributed by atoms with Gasteiger partial charge in [-0.3, -0.25) is 9.69 Å². The molecular weight excluding hydrogens is 238 g/mol. The van der Waals surface area contributed by atoms with E-state index in [1.165, 1.54) is 16.7 Å². The minimum absolute atomic E-state index is 0.209. The zero-order valence-corrected chi connectivity index (χ0v) is 11.9. The molecule has 0 bridgehead atoms. The van der Waals surface area contributed by atoms with Crippen LogP contribution in [0.5, 0.6) is 0 Å². The number of nitrogens with one attached hydrogen (secondary N) is 1. The van der Waals surface area contributed by atoms with Gasteiger partial charge in [0.2, 0.25) is 5.91 Å². The van der Waals surface area contributed by atoms with Crippen molar-refractivity contribution in [3.05, 3.63) is 34.9 Å². The van der Waals surface area contributed by atoms with Gasteiger partial charge in [-0.15, -0.1) is 0 Å². The molecule has 0 spiro atoms. The predicted octanol–water partition coefficient (Wildman–Crippen LogP) is 1.12. The fourth-order valence-electron chi connectivity index (χ4n) is 2.92. The van der Waals surface area contributed by atoms with Gasteiger partial charge in [0.15, 0.2) is 0 Å². The Balaban J connectivity index is 2.25. The molecule has 1 aliphatic rings. The molecule has 0 aromatic heterocycles. The first kappa shape index (κ1) is 14.0. The van der Waals surface area contributed by atoms with Crippen LogP contribution in [0.1, 0.15) is 29.7 Å². The van der Waals surface area contributed by atoms with Gasteiger partial charge in [-0.2, -0.15) is 0 Å². The second kappa shape index (κ2) is 5.72. The number of hydrogen-bond donors (Lipinski definition) is 2. The lowest BCUT2D eigenvalue weighted by molar-refractivity contribution is -0.124. The fraction of sp³-hybridized carbons (Fsp3) is 0.533. The number of rotatable bonds is 3. The van der Waals surface area contributed by atoms with Crippen LogP contribution in [0.15, 0.2) is 18.2 Å². The van der Waals surface area contributed by atoms with Crippen molar-refractivity contribution in [3.8, 4) is 0 Å². The van der Waals surface area contributed by atoms with Gasteiger partial charge in [0.05, 0.1) is 0 Å². The Labute approximate surface area is 115 Å². The van der Waals surface area contributed by atoms with Crippen LogP contribution < -0.4 is 11.1 Å². The molecule has 19 heavy (non-hydrogen) atoms. The van der Waals surface area contributed by atoms with Gasteiger partial charge >= 0.3 is 0 Å². The molecule has 4 heteroatoms. The summed E-state index contributed by atoms with van der Waals surface area (Å²) in [5.74, 6) is -0.246. The standard InChI is InChI=1S/C15H23N3O/c1-10-4-5-13(11(2)8-10)12(3)18-7-6-17-9-14(18)15(16)19/h4-5,8,12,14,17H,6-7,9H2,1-3H3,(H2,16,19). The minimum Gasteiger partial charge on any atom is -0.368 e. The van der Waals surface area contributed by atoms with Crippen molar-refractivity contribution in [2.45, 2.75) is 32.9 Å². The number of hydrogen-bond acceptors (Lipinski definition) is 3. The number of aryl methyl sites for hydroxylation is 2. The topological polar surface area (TPSA) is 58.4 Å². The number of primary amides is 1. The molecule has 104 valence electrons. The number of benzene rings is 1. The molecule has 1 aromatic rings. The quantitative estimate of drug-likeness (QED) is 0.857. The third kappa shape index (κ3) is 2.96. The van der Waals surface area contributed by atoms with E-state index in [-0.39, 0.29) is 18.0 Å². The molecule has 2 atom stereocenters. The summed E-state index contributed by atoms with van der Waals surface area (Å²) in [6.07, 6.45) is 0. The van der Waals surface area contributed by atoms with E-state index >= 15 is 0 Å². The van der Waals surface area contributed by atoms with E-state index < -0.39 is 0 Å². The summed E-state index contributed by atoms with van der Waals surface area (Å²) in [6.45, 7) is 8.77. The number of piperazine rings is 1. The largest absolute Gasteiger partial charge is 0.368 e. The molecule has 3 N–H and O–H groups in total. The average molecular weight is 261 g/mol. The Hall–Kier alpha value is -1.39. The van der Waals surface area contributed by atoms with Crippen molar-refractivity contribution in [2.24, 2.45) is 5.73 Å². The SMILES string of the molecule is Cc1ccc(C(C)N2CCNCC2C(N)=O)c(C)c1. The molecule has 0 aliphatic carbocycles. The average Bonchev–Trinajstić information content (AvgIpc) is 2.38. The zero-order valence-electron chi connectivity index (χ0n) is 11.9. The Morgan fingerprint density at radius 1 is 1.47 bits per heavy atom. The van der Waals surface area contributed by atoms with Crippen molar-refractivity contribution in [1.29, 1.82) is 0 Å². The summed E-state index contributed by atoms with van der Waals surface area (Å²) >= 11 is 0. The molecular formula is C15H23N3O. The summed E-state index contributed by atoms with van der Waals surface area (Å²) in [7, 11) is 0. The molecule has 2 unspecified atom stereocenters. The van der Waals surface area contributed by atoms with E-state index in [1.54, 1.807) is 0 Å². The summed E-state index contributed by atoms with van der Waals surface area (Å²) in [5, 5.41) is 3.23. The third-order valence-corrected chi connectivity index (χ3v) is 3.99. The van der Waals surface area contributed by atoms with Crippen LogP contribution in [0.25, 0.3) is 0 Å². The van der Waals surface area contributed by atoms with Crippen LogP contribution in [0.4, 0.5) is 0 Å². The lowest BCUT2D eigenvalue weighted by atomic mass is 9.97. The number of amides is 1. The highest BCUT2D eigenvalue weighted by Gasteiger charge is 2.31. The summed E-state index contributed by atoms with van der Waals surface area (Å²) in [5.41, 5.74) is 9.33.